The van der Waals surface area contributed by atoms with Crippen LogP contribution in [-0.2, 0) is 0 Å². The molecule has 1 N–H and O–H groups in total. The molecule has 0 amide bonds. The van der Waals surface area contributed by atoms with E-state index in [9.17, 15) is 0 Å². The molecule has 1 aliphatic carbocycles. The van der Waals surface area contributed by atoms with Crippen LogP contribution >= 0.6 is 0 Å². The summed E-state index contributed by atoms with van der Waals surface area (Å²) in [6, 6.07) is 9.38. The Morgan fingerprint density at radius 3 is 2.82 bits per heavy atom. The van der Waals surface area contributed by atoms with E-state index < -0.39 is 0 Å². The Morgan fingerprint density at radius 1 is 1.29 bits per heavy atom. The Morgan fingerprint density at radius 2 is 2.12 bits per heavy atom. The minimum atomic E-state index is 0.678. The van der Waals surface area contributed by atoms with Gasteiger partial charge in [-0.1, -0.05) is 25.8 Å². The van der Waals surface area contributed by atoms with Crippen LogP contribution in [0, 0.1) is 5.92 Å². The van der Waals surface area contributed by atoms with Crippen molar-refractivity contribution >= 4 is 11.4 Å². The molecule has 0 heterocycles. The number of benzene rings is 1. The molecule has 2 heteroatoms. The van der Waals surface area contributed by atoms with Gasteiger partial charge in [0.25, 0.3) is 0 Å². The minimum absolute atomic E-state index is 0.678. The molecule has 0 radical (unpaired) electrons. The normalized spacial score (nSPS) is 23.7. The summed E-state index contributed by atoms with van der Waals surface area (Å²) >= 11 is 0. The molecule has 1 aromatic carbocycles. The standard InChI is InChI=1S/C15H24N2/c1-4-12-7-5-10-15(12)16-13-8-6-9-14(11-13)17(2)3/h6,8-9,11-12,15-16H,4-5,7,10H2,1-3H3. The molecule has 1 aliphatic rings. The van der Waals surface area contributed by atoms with Crippen LogP contribution in [0.15, 0.2) is 24.3 Å². The minimum Gasteiger partial charge on any atom is -0.382 e. The second-order valence-corrected chi connectivity index (χ2v) is 5.29. The maximum Gasteiger partial charge on any atom is 0.0381 e. The third-order valence-electron chi connectivity index (χ3n) is 3.90. The molecular weight excluding hydrogens is 208 g/mol. The number of hydrogen-bond acceptors (Lipinski definition) is 2. The number of rotatable bonds is 4. The molecule has 17 heavy (non-hydrogen) atoms. The Labute approximate surface area is 105 Å². The van der Waals surface area contributed by atoms with Gasteiger partial charge in [-0.2, -0.15) is 0 Å². The lowest BCUT2D eigenvalue weighted by molar-refractivity contribution is 0.489. The summed E-state index contributed by atoms with van der Waals surface area (Å²) in [5.74, 6) is 0.859. The van der Waals surface area contributed by atoms with Gasteiger partial charge in [0.1, 0.15) is 0 Å². The average Bonchev–Trinajstić information content (AvgIpc) is 2.76. The first-order valence-corrected chi connectivity index (χ1v) is 6.74. The van der Waals surface area contributed by atoms with Crippen molar-refractivity contribution in [2.24, 2.45) is 5.92 Å². The van der Waals surface area contributed by atoms with E-state index in [1.165, 1.54) is 37.1 Å². The van der Waals surface area contributed by atoms with Crippen molar-refractivity contribution in [3.8, 4) is 0 Å². The highest BCUT2D eigenvalue weighted by Crippen LogP contribution is 2.31. The zero-order valence-corrected chi connectivity index (χ0v) is 11.2. The molecule has 2 rings (SSSR count). The van der Waals surface area contributed by atoms with E-state index >= 15 is 0 Å². The van der Waals surface area contributed by atoms with Gasteiger partial charge < -0.3 is 10.2 Å². The molecule has 1 saturated carbocycles. The van der Waals surface area contributed by atoms with E-state index in [4.69, 9.17) is 0 Å². The SMILES string of the molecule is CCC1CCCC1Nc1cccc(N(C)C)c1. The van der Waals surface area contributed by atoms with Gasteiger partial charge in [0.05, 0.1) is 0 Å². The van der Waals surface area contributed by atoms with Crippen molar-refractivity contribution in [3.63, 3.8) is 0 Å². The van der Waals surface area contributed by atoms with Gasteiger partial charge in [0, 0.05) is 31.5 Å². The van der Waals surface area contributed by atoms with Crippen LogP contribution in [0.4, 0.5) is 11.4 Å². The average molecular weight is 232 g/mol. The van der Waals surface area contributed by atoms with E-state index in [0.717, 1.165) is 5.92 Å². The third kappa shape index (κ3) is 2.93. The summed E-state index contributed by atoms with van der Waals surface area (Å²) < 4.78 is 0. The van der Waals surface area contributed by atoms with Gasteiger partial charge in [0.15, 0.2) is 0 Å². The molecule has 0 bridgehead atoms. The molecule has 2 unspecified atom stereocenters. The van der Waals surface area contributed by atoms with Gasteiger partial charge >= 0.3 is 0 Å². The molecule has 2 atom stereocenters. The summed E-state index contributed by atoms with van der Waals surface area (Å²) in [6.45, 7) is 2.31. The molecule has 0 spiro atoms. The van der Waals surface area contributed by atoms with Crippen LogP contribution < -0.4 is 10.2 Å². The highest BCUT2D eigenvalue weighted by atomic mass is 15.1. The topological polar surface area (TPSA) is 15.3 Å². The van der Waals surface area contributed by atoms with E-state index in [0.29, 0.717) is 6.04 Å². The summed E-state index contributed by atoms with van der Waals surface area (Å²) in [5.41, 5.74) is 2.53. The lowest BCUT2D eigenvalue weighted by Gasteiger charge is -2.22. The smallest absolute Gasteiger partial charge is 0.0381 e. The fourth-order valence-electron chi connectivity index (χ4n) is 2.80. The lowest BCUT2D eigenvalue weighted by Crippen LogP contribution is -2.23. The number of hydrogen-bond donors (Lipinski definition) is 1. The molecule has 0 saturated heterocycles. The Bertz CT molecular complexity index is 360. The summed E-state index contributed by atoms with van der Waals surface area (Å²) in [7, 11) is 4.17. The van der Waals surface area contributed by atoms with Crippen molar-refractivity contribution in [2.75, 3.05) is 24.3 Å². The van der Waals surface area contributed by atoms with Crippen molar-refractivity contribution in [2.45, 2.75) is 38.6 Å². The fourth-order valence-corrected chi connectivity index (χ4v) is 2.80. The first kappa shape index (κ1) is 12.3. The first-order chi connectivity index (χ1) is 8.20. The van der Waals surface area contributed by atoms with Gasteiger partial charge in [-0.25, -0.2) is 0 Å². The molecule has 1 aromatic rings. The second-order valence-electron chi connectivity index (χ2n) is 5.29. The highest BCUT2D eigenvalue weighted by molar-refractivity contribution is 5.57. The van der Waals surface area contributed by atoms with Crippen LogP contribution in [0.3, 0.4) is 0 Å². The number of nitrogens with zero attached hydrogens (tertiary/aromatic N) is 1. The van der Waals surface area contributed by atoms with Crippen molar-refractivity contribution in [1.29, 1.82) is 0 Å². The van der Waals surface area contributed by atoms with Crippen LogP contribution in [0.1, 0.15) is 32.6 Å². The molecule has 1 fully saturated rings. The lowest BCUT2D eigenvalue weighted by atomic mass is 10.0. The van der Waals surface area contributed by atoms with Crippen molar-refractivity contribution in [3.05, 3.63) is 24.3 Å². The van der Waals surface area contributed by atoms with Crippen molar-refractivity contribution in [1.82, 2.24) is 0 Å². The summed E-state index contributed by atoms with van der Waals surface area (Å²) in [6.07, 6.45) is 5.39. The van der Waals surface area contributed by atoms with Crippen LogP contribution in [0.2, 0.25) is 0 Å². The maximum absolute atomic E-state index is 3.71. The second kappa shape index (κ2) is 5.44. The van der Waals surface area contributed by atoms with Gasteiger partial charge in [-0.15, -0.1) is 0 Å². The predicted molar refractivity (Wildman–Crippen MR) is 75.8 cm³/mol. The Balaban J connectivity index is 2.05. The number of nitrogens with one attached hydrogen (secondary N) is 1. The monoisotopic (exact) mass is 232 g/mol. The Kier molecular flexibility index (Phi) is 3.93. The zero-order chi connectivity index (χ0) is 12.3. The van der Waals surface area contributed by atoms with Crippen molar-refractivity contribution < 1.29 is 0 Å². The fraction of sp³-hybridized carbons (Fsp3) is 0.600. The van der Waals surface area contributed by atoms with Crippen LogP contribution in [0.5, 0.6) is 0 Å². The van der Waals surface area contributed by atoms with E-state index in [1.807, 2.05) is 0 Å². The van der Waals surface area contributed by atoms with E-state index in [2.05, 4.69) is 55.5 Å². The van der Waals surface area contributed by atoms with E-state index in [1.54, 1.807) is 0 Å². The number of anilines is 2. The molecule has 0 aliphatic heterocycles. The molecule has 0 aromatic heterocycles. The van der Waals surface area contributed by atoms with Gasteiger partial charge in [-0.3, -0.25) is 0 Å². The van der Waals surface area contributed by atoms with E-state index in [-0.39, 0.29) is 0 Å². The molecular formula is C15H24N2. The quantitative estimate of drug-likeness (QED) is 0.850. The van der Waals surface area contributed by atoms with Gasteiger partial charge in [0.2, 0.25) is 0 Å². The maximum atomic E-state index is 3.71. The molecule has 94 valence electrons. The highest BCUT2D eigenvalue weighted by Gasteiger charge is 2.25. The molecule has 2 nitrogen and oxygen atoms in total. The van der Waals surface area contributed by atoms with Gasteiger partial charge in [-0.05, 0) is 37.0 Å². The predicted octanol–water partition coefficient (Wildman–Crippen LogP) is 3.74. The Hall–Kier alpha value is -1.18. The largest absolute Gasteiger partial charge is 0.382 e. The van der Waals surface area contributed by atoms with Crippen LogP contribution in [-0.4, -0.2) is 20.1 Å². The van der Waals surface area contributed by atoms with Crippen LogP contribution in [0.25, 0.3) is 0 Å². The summed E-state index contributed by atoms with van der Waals surface area (Å²) in [4.78, 5) is 2.15. The summed E-state index contributed by atoms with van der Waals surface area (Å²) in [5, 5.41) is 3.71. The zero-order valence-electron chi connectivity index (χ0n) is 11.2. The third-order valence-corrected chi connectivity index (χ3v) is 3.90. The first-order valence-electron chi connectivity index (χ1n) is 6.74.